The van der Waals surface area contributed by atoms with Crippen LogP contribution in [-0.4, -0.2) is 9.97 Å². The van der Waals surface area contributed by atoms with Gasteiger partial charge in [0, 0.05) is 0 Å². The zero-order chi connectivity index (χ0) is 11.7. The molecule has 0 saturated heterocycles. The Morgan fingerprint density at radius 1 is 1.12 bits per heavy atom. The molecular formula is C11H10ClN5. The van der Waals surface area contributed by atoms with Crippen molar-refractivity contribution in [2.45, 2.75) is 6.17 Å². The lowest BCUT2D eigenvalue weighted by Crippen LogP contribution is -2.37. The van der Waals surface area contributed by atoms with E-state index >= 15 is 0 Å². The van der Waals surface area contributed by atoms with Gasteiger partial charge in [0.05, 0.1) is 0 Å². The first kappa shape index (κ1) is 10.3. The van der Waals surface area contributed by atoms with Crippen molar-refractivity contribution < 1.29 is 0 Å². The number of hydrogen-bond donors (Lipinski definition) is 3. The average Bonchev–Trinajstić information content (AvgIpc) is 2.40. The molecule has 1 aliphatic heterocycles. The summed E-state index contributed by atoms with van der Waals surface area (Å²) in [7, 11) is 0. The second-order valence-electron chi connectivity index (χ2n) is 3.65. The van der Waals surface area contributed by atoms with Crippen molar-refractivity contribution in [1.82, 2.24) is 15.4 Å². The van der Waals surface area contributed by atoms with Gasteiger partial charge in [-0.1, -0.05) is 41.9 Å². The highest BCUT2D eigenvalue weighted by Gasteiger charge is 2.21. The molecule has 2 heterocycles. The lowest BCUT2D eigenvalue weighted by molar-refractivity contribution is 0.637. The molecule has 5 nitrogen and oxygen atoms in total. The maximum atomic E-state index is 6.01. The van der Waals surface area contributed by atoms with Crippen LogP contribution in [0.1, 0.15) is 11.7 Å². The molecule has 0 fully saturated rings. The molecule has 6 heteroatoms. The Balaban J connectivity index is 1.93. The first-order valence-electron chi connectivity index (χ1n) is 5.18. The summed E-state index contributed by atoms with van der Waals surface area (Å²) in [5, 5.41) is 3.66. The van der Waals surface area contributed by atoms with Gasteiger partial charge >= 0.3 is 0 Å². The van der Waals surface area contributed by atoms with Gasteiger partial charge in [-0.2, -0.15) is 0 Å². The van der Waals surface area contributed by atoms with E-state index < -0.39 is 0 Å². The molecule has 0 aliphatic carbocycles. The zero-order valence-corrected chi connectivity index (χ0v) is 9.57. The number of anilines is 2. The monoisotopic (exact) mass is 247 g/mol. The minimum atomic E-state index is -0.0628. The smallest absolute Gasteiger partial charge is 0.168 e. The highest BCUT2D eigenvalue weighted by Crippen LogP contribution is 2.31. The molecule has 17 heavy (non-hydrogen) atoms. The molecule has 1 aromatic heterocycles. The number of benzene rings is 1. The Labute approximate surface area is 103 Å². The van der Waals surface area contributed by atoms with Crippen LogP contribution in [0, 0.1) is 0 Å². The third-order valence-corrected chi connectivity index (χ3v) is 2.84. The van der Waals surface area contributed by atoms with Gasteiger partial charge in [0.1, 0.15) is 18.2 Å². The molecule has 2 aromatic rings. The SMILES string of the molecule is Clc1ncnc2c1NC(c1ccccc1)NN2. The Kier molecular flexibility index (Phi) is 2.55. The molecular weight excluding hydrogens is 238 g/mol. The van der Waals surface area contributed by atoms with Crippen LogP contribution in [0.4, 0.5) is 11.5 Å². The third-order valence-electron chi connectivity index (χ3n) is 2.56. The molecule has 1 aromatic carbocycles. The summed E-state index contributed by atoms with van der Waals surface area (Å²) in [5.74, 6) is 0.650. The molecule has 3 N–H and O–H groups in total. The fourth-order valence-electron chi connectivity index (χ4n) is 1.72. The van der Waals surface area contributed by atoms with E-state index in [0.717, 1.165) is 5.56 Å². The summed E-state index contributed by atoms with van der Waals surface area (Å²) >= 11 is 6.01. The van der Waals surface area contributed by atoms with Gasteiger partial charge in [0.2, 0.25) is 0 Å². The number of rotatable bonds is 1. The summed E-state index contributed by atoms with van der Waals surface area (Å²) in [5.41, 5.74) is 7.93. The quantitative estimate of drug-likeness (QED) is 0.674. The molecule has 0 radical (unpaired) electrons. The zero-order valence-electron chi connectivity index (χ0n) is 8.81. The number of nitrogens with zero attached hydrogens (tertiary/aromatic N) is 2. The molecule has 0 amide bonds. The van der Waals surface area contributed by atoms with Gasteiger partial charge in [-0.25, -0.2) is 15.4 Å². The van der Waals surface area contributed by atoms with Gasteiger partial charge in [0.15, 0.2) is 11.0 Å². The molecule has 0 bridgehead atoms. The molecule has 1 atom stereocenters. The maximum absolute atomic E-state index is 6.01. The first-order chi connectivity index (χ1) is 8.34. The maximum Gasteiger partial charge on any atom is 0.168 e. The molecule has 1 unspecified atom stereocenters. The topological polar surface area (TPSA) is 61.9 Å². The lowest BCUT2D eigenvalue weighted by atomic mass is 10.1. The van der Waals surface area contributed by atoms with Crippen LogP contribution in [0.15, 0.2) is 36.7 Å². The standard InChI is InChI=1S/C11H10ClN5/c12-9-8-11(14-6-13-9)17-16-10(15-8)7-4-2-1-3-5-7/h1-6,10,15-16H,(H,13,14,17). The van der Waals surface area contributed by atoms with E-state index in [1.807, 2.05) is 30.3 Å². The largest absolute Gasteiger partial charge is 0.359 e. The van der Waals surface area contributed by atoms with Gasteiger partial charge < -0.3 is 10.7 Å². The highest BCUT2D eigenvalue weighted by atomic mass is 35.5. The van der Waals surface area contributed by atoms with E-state index in [2.05, 4.69) is 26.1 Å². The number of fused-ring (bicyclic) bond motifs is 1. The van der Waals surface area contributed by atoms with E-state index in [0.29, 0.717) is 16.7 Å². The van der Waals surface area contributed by atoms with Gasteiger partial charge in [-0.05, 0) is 5.56 Å². The predicted molar refractivity (Wildman–Crippen MR) is 66.6 cm³/mol. The molecule has 1 aliphatic rings. The van der Waals surface area contributed by atoms with Crippen LogP contribution >= 0.6 is 11.6 Å². The Hall–Kier alpha value is -1.85. The number of halogens is 1. The summed E-state index contributed by atoms with van der Waals surface area (Å²) in [6.45, 7) is 0. The van der Waals surface area contributed by atoms with Crippen LogP contribution in [-0.2, 0) is 0 Å². The highest BCUT2D eigenvalue weighted by molar-refractivity contribution is 6.32. The fraction of sp³-hybridized carbons (Fsp3) is 0.0909. The summed E-state index contributed by atoms with van der Waals surface area (Å²) in [6.07, 6.45) is 1.35. The number of aromatic nitrogens is 2. The van der Waals surface area contributed by atoms with E-state index in [9.17, 15) is 0 Å². The average molecular weight is 248 g/mol. The van der Waals surface area contributed by atoms with Gasteiger partial charge in [0.25, 0.3) is 0 Å². The Bertz CT molecular complexity index is 531. The Morgan fingerprint density at radius 3 is 2.76 bits per heavy atom. The molecule has 0 spiro atoms. The van der Waals surface area contributed by atoms with Crippen LogP contribution in [0.3, 0.4) is 0 Å². The minimum absolute atomic E-state index is 0.0628. The van der Waals surface area contributed by atoms with Crippen molar-refractivity contribution in [2.75, 3.05) is 10.7 Å². The molecule has 86 valence electrons. The first-order valence-corrected chi connectivity index (χ1v) is 5.56. The van der Waals surface area contributed by atoms with Gasteiger partial charge in [-0.15, -0.1) is 0 Å². The van der Waals surface area contributed by atoms with Gasteiger partial charge in [-0.3, -0.25) is 0 Å². The molecule has 3 rings (SSSR count). The second kappa shape index (κ2) is 4.20. The van der Waals surface area contributed by atoms with Crippen molar-refractivity contribution in [3.8, 4) is 0 Å². The second-order valence-corrected chi connectivity index (χ2v) is 4.00. The summed E-state index contributed by atoms with van der Waals surface area (Å²) < 4.78 is 0. The van der Waals surface area contributed by atoms with Crippen LogP contribution in [0.5, 0.6) is 0 Å². The third kappa shape index (κ3) is 1.90. The van der Waals surface area contributed by atoms with Crippen molar-refractivity contribution in [2.24, 2.45) is 0 Å². The summed E-state index contributed by atoms with van der Waals surface area (Å²) in [6, 6.07) is 9.99. The normalized spacial score (nSPS) is 17.8. The number of hydrazine groups is 1. The van der Waals surface area contributed by atoms with Crippen LogP contribution < -0.4 is 16.2 Å². The van der Waals surface area contributed by atoms with E-state index in [-0.39, 0.29) is 6.17 Å². The van der Waals surface area contributed by atoms with Crippen molar-refractivity contribution >= 4 is 23.1 Å². The van der Waals surface area contributed by atoms with Crippen LogP contribution in [0.2, 0.25) is 5.15 Å². The lowest BCUT2D eigenvalue weighted by Gasteiger charge is -2.28. The Morgan fingerprint density at radius 2 is 1.94 bits per heavy atom. The van der Waals surface area contributed by atoms with Crippen molar-refractivity contribution in [1.29, 1.82) is 0 Å². The molecule has 0 saturated carbocycles. The fourth-order valence-corrected chi connectivity index (χ4v) is 1.91. The number of nitrogens with one attached hydrogen (secondary N) is 3. The predicted octanol–water partition coefficient (Wildman–Crippen LogP) is 2.17. The van der Waals surface area contributed by atoms with Crippen molar-refractivity contribution in [3.63, 3.8) is 0 Å². The van der Waals surface area contributed by atoms with E-state index in [1.54, 1.807) is 0 Å². The van der Waals surface area contributed by atoms with E-state index in [1.165, 1.54) is 6.33 Å². The van der Waals surface area contributed by atoms with E-state index in [4.69, 9.17) is 11.6 Å². The van der Waals surface area contributed by atoms with Crippen LogP contribution in [0.25, 0.3) is 0 Å². The summed E-state index contributed by atoms with van der Waals surface area (Å²) in [4.78, 5) is 8.02. The minimum Gasteiger partial charge on any atom is -0.359 e. The number of hydrogen-bond acceptors (Lipinski definition) is 5. The van der Waals surface area contributed by atoms with Crippen molar-refractivity contribution in [3.05, 3.63) is 47.4 Å².